The number of thiophene rings is 1. The molecule has 2 aliphatic rings. The first-order valence-electron chi connectivity index (χ1n) is 8.14. The van der Waals surface area contributed by atoms with Gasteiger partial charge in [0.15, 0.2) is 5.96 Å². The zero-order valence-electron chi connectivity index (χ0n) is 14.0. The van der Waals surface area contributed by atoms with Gasteiger partial charge in [-0.05, 0) is 24.5 Å². The first-order chi connectivity index (χ1) is 11.5. The van der Waals surface area contributed by atoms with Crippen LogP contribution in [-0.2, 0) is 21.3 Å². The van der Waals surface area contributed by atoms with E-state index >= 15 is 0 Å². The molecule has 1 aliphatic heterocycles. The van der Waals surface area contributed by atoms with Crippen molar-refractivity contribution >= 4 is 27.3 Å². The fraction of sp³-hybridized carbons (Fsp3) is 0.667. The zero-order chi connectivity index (χ0) is 17.2. The number of ether oxygens (including phenoxy) is 1. The maximum absolute atomic E-state index is 12.6. The molecule has 2 fully saturated rings. The van der Waals surface area contributed by atoms with Gasteiger partial charge < -0.3 is 15.4 Å². The van der Waals surface area contributed by atoms with Crippen LogP contribution in [0.2, 0.25) is 0 Å². The predicted molar refractivity (Wildman–Crippen MR) is 94.8 cm³/mol. The van der Waals surface area contributed by atoms with Gasteiger partial charge in [-0.3, -0.25) is 4.99 Å². The van der Waals surface area contributed by atoms with Crippen LogP contribution in [-0.4, -0.2) is 58.1 Å². The number of hydrogen-bond acceptors (Lipinski definition) is 5. The second kappa shape index (κ2) is 7.38. The van der Waals surface area contributed by atoms with Crippen LogP contribution in [0.15, 0.2) is 21.3 Å². The number of morpholine rings is 1. The summed E-state index contributed by atoms with van der Waals surface area (Å²) in [6.45, 7) is 4.52. The number of aliphatic imine (C=N–C) groups is 1. The van der Waals surface area contributed by atoms with Crippen molar-refractivity contribution in [2.45, 2.75) is 30.1 Å². The largest absolute Gasteiger partial charge is 0.379 e. The molecule has 2 atom stereocenters. The predicted octanol–water partition coefficient (Wildman–Crippen LogP) is 0.842. The molecule has 134 valence electrons. The van der Waals surface area contributed by atoms with Crippen molar-refractivity contribution in [2.75, 3.05) is 33.4 Å². The van der Waals surface area contributed by atoms with Crippen molar-refractivity contribution in [3.63, 3.8) is 0 Å². The van der Waals surface area contributed by atoms with E-state index in [1.165, 1.54) is 22.1 Å². The van der Waals surface area contributed by atoms with Gasteiger partial charge in [0.1, 0.15) is 4.21 Å². The van der Waals surface area contributed by atoms with Crippen LogP contribution in [0, 0.1) is 5.92 Å². The minimum absolute atomic E-state index is 0.389. The van der Waals surface area contributed by atoms with Crippen LogP contribution in [0.3, 0.4) is 0 Å². The van der Waals surface area contributed by atoms with Gasteiger partial charge in [-0.15, -0.1) is 11.3 Å². The first-order valence-corrected chi connectivity index (χ1v) is 10.4. The molecular weight excluding hydrogens is 348 g/mol. The van der Waals surface area contributed by atoms with Crippen LogP contribution < -0.4 is 10.6 Å². The average molecular weight is 373 g/mol. The molecule has 7 nitrogen and oxygen atoms in total. The molecule has 0 spiro atoms. The van der Waals surface area contributed by atoms with E-state index < -0.39 is 10.0 Å². The minimum Gasteiger partial charge on any atom is -0.379 e. The maximum atomic E-state index is 12.6. The Hall–Kier alpha value is -1.16. The molecule has 1 aromatic rings. The summed E-state index contributed by atoms with van der Waals surface area (Å²) >= 11 is 1.31. The number of nitrogens with one attached hydrogen (secondary N) is 2. The molecule has 1 saturated carbocycles. The summed E-state index contributed by atoms with van der Waals surface area (Å²) in [5.41, 5.74) is 0. The molecule has 3 rings (SSSR count). The topological polar surface area (TPSA) is 83.0 Å². The Balaban J connectivity index is 1.58. The summed E-state index contributed by atoms with van der Waals surface area (Å²) < 4.78 is 32.3. The molecule has 0 aromatic carbocycles. The lowest BCUT2D eigenvalue weighted by Crippen LogP contribution is -2.40. The van der Waals surface area contributed by atoms with Gasteiger partial charge in [-0.25, -0.2) is 8.42 Å². The monoisotopic (exact) mass is 372 g/mol. The summed E-state index contributed by atoms with van der Waals surface area (Å²) in [6, 6.07) is 4.04. The molecule has 1 aliphatic carbocycles. The summed E-state index contributed by atoms with van der Waals surface area (Å²) in [6.07, 6.45) is 1.17. The van der Waals surface area contributed by atoms with E-state index in [1.54, 1.807) is 13.1 Å². The molecule has 1 saturated heterocycles. The van der Waals surface area contributed by atoms with Gasteiger partial charge in [0.2, 0.25) is 0 Å². The van der Waals surface area contributed by atoms with Crippen LogP contribution >= 0.6 is 11.3 Å². The van der Waals surface area contributed by atoms with Gasteiger partial charge in [0, 0.05) is 31.1 Å². The molecule has 2 unspecified atom stereocenters. The summed E-state index contributed by atoms with van der Waals surface area (Å²) in [5.74, 6) is 1.45. The number of rotatable bonds is 5. The quantitative estimate of drug-likeness (QED) is 0.591. The van der Waals surface area contributed by atoms with Gasteiger partial charge >= 0.3 is 0 Å². The van der Waals surface area contributed by atoms with Crippen molar-refractivity contribution in [3.8, 4) is 0 Å². The lowest BCUT2D eigenvalue weighted by Gasteiger charge is -2.25. The van der Waals surface area contributed by atoms with Crippen LogP contribution in [0.4, 0.5) is 0 Å². The molecule has 1 aromatic heterocycles. The van der Waals surface area contributed by atoms with Gasteiger partial charge in [-0.1, -0.05) is 6.92 Å². The van der Waals surface area contributed by atoms with E-state index in [9.17, 15) is 8.42 Å². The average Bonchev–Trinajstić information content (AvgIpc) is 3.08. The third kappa shape index (κ3) is 4.08. The molecule has 0 amide bonds. The molecule has 2 heterocycles. The van der Waals surface area contributed by atoms with Crippen LogP contribution in [0.1, 0.15) is 18.2 Å². The molecule has 2 N–H and O–H groups in total. The van der Waals surface area contributed by atoms with Crippen LogP contribution in [0.5, 0.6) is 0 Å². The Kier molecular flexibility index (Phi) is 5.43. The maximum Gasteiger partial charge on any atom is 0.252 e. The molecule has 0 radical (unpaired) electrons. The number of sulfonamides is 1. The van der Waals surface area contributed by atoms with E-state index in [0.29, 0.717) is 49.0 Å². The van der Waals surface area contributed by atoms with Gasteiger partial charge in [0.25, 0.3) is 10.0 Å². The Morgan fingerprint density at radius 2 is 2.12 bits per heavy atom. The Morgan fingerprint density at radius 3 is 2.75 bits per heavy atom. The Labute approximate surface area is 147 Å². The Morgan fingerprint density at radius 1 is 1.42 bits per heavy atom. The van der Waals surface area contributed by atoms with E-state index in [2.05, 4.69) is 22.5 Å². The highest BCUT2D eigenvalue weighted by atomic mass is 32.2. The molecular formula is C15H24N4O3S2. The van der Waals surface area contributed by atoms with Crippen molar-refractivity contribution in [1.82, 2.24) is 14.9 Å². The summed E-state index contributed by atoms with van der Waals surface area (Å²) in [7, 11) is -1.66. The highest BCUT2D eigenvalue weighted by molar-refractivity contribution is 7.91. The second-order valence-corrected chi connectivity index (χ2v) is 9.46. The van der Waals surface area contributed by atoms with Crippen molar-refractivity contribution < 1.29 is 13.2 Å². The number of guanidine groups is 1. The third-order valence-electron chi connectivity index (χ3n) is 4.29. The number of nitrogens with zero attached hydrogens (tertiary/aromatic N) is 2. The standard InChI is InChI=1S/C15H24N4O3S2/c1-11-9-13(11)18-15(16-2)17-10-12-3-4-14(23-12)24(20,21)19-5-7-22-8-6-19/h3-4,11,13H,5-10H2,1-2H3,(H2,16,17,18). The van der Waals surface area contributed by atoms with E-state index in [0.717, 1.165) is 10.8 Å². The highest BCUT2D eigenvalue weighted by Crippen LogP contribution is 2.29. The van der Waals surface area contributed by atoms with E-state index in [1.807, 2.05) is 6.07 Å². The number of hydrogen-bond donors (Lipinski definition) is 2. The van der Waals surface area contributed by atoms with Gasteiger partial charge in [-0.2, -0.15) is 4.31 Å². The minimum atomic E-state index is -3.40. The third-order valence-corrected chi connectivity index (χ3v) is 7.74. The fourth-order valence-electron chi connectivity index (χ4n) is 2.57. The summed E-state index contributed by atoms with van der Waals surface area (Å²) in [4.78, 5) is 5.17. The molecule has 9 heteroatoms. The van der Waals surface area contributed by atoms with Crippen molar-refractivity contribution in [3.05, 3.63) is 17.0 Å². The fourth-order valence-corrected chi connectivity index (χ4v) is 5.43. The molecule has 24 heavy (non-hydrogen) atoms. The van der Waals surface area contributed by atoms with Crippen molar-refractivity contribution in [2.24, 2.45) is 10.9 Å². The van der Waals surface area contributed by atoms with Crippen molar-refractivity contribution in [1.29, 1.82) is 0 Å². The summed E-state index contributed by atoms with van der Waals surface area (Å²) in [5, 5.41) is 6.60. The van der Waals surface area contributed by atoms with E-state index in [-0.39, 0.29) is 0 Å². The lowest BCUT2D eigenvalue weighted by atomic mass is 10.4. The SMILES string of the molecule is CN=C(NCc1ccc(S(=O)(=O)N2CCOCC2)s1)NC1CC1C. The van der Waals surface area contributed by atoms with Gasteiger partial charge in [0.05, 0.1) is 19.8 Å². The normalized spacial score (nSPS) is 25.5. The highest BCUT2D eigenvalue weighted by Gasteiger charge is 2.33. The smallest absolute Gasteiger partial charge is 0.252 e. The first kappa shape index (κ1) is 17.7. The van der Waals surface area contributed by atoms with Crippen LogP contribution in [0.25, 0.3) is 0 Å². The Bertz CT molecular complexity index is 695. The second-order valence-electron chi connectivity index (χ2n) is 6.13. The van der Waals surface area contributed by atoms with E-state index in [4.69, 9.17) is 4.74 Å². The lowest BCUT2D eigenvalue weighted by molar-refractivity contribution is 0.0731. The zero-order valence-corrected chi connectivity index (χ0v) is 15.6. The molecule has 0 bridgehead atoms.